The van der Waals surface area contributed by atoms with E-state index in [9.17, 15) is 14.7 Å². The van der Waals surface area contributed by atoms with Gasteiger partial charge in [0.25, 0.3) is 11.8 Å². The molecule has 0 saturated carbocycles. The predicted octanol–water partition coefficient (Wildman–Crippen LogP) is 2.91. The number of β-amino-alcohol motifs (C(OH)–C–C–N with tert-alkyl or cyclic N) is 1. The number of nitrogens with zero attached hydrogens (tertiary/aromatic N) is 1. The van der Waals surface area contributed by atoms with Crippen LogP contribution in [0.4, 0.5) is 5.69 Å². The van der Waals surface area contributed by atoms with Crippen molar-refractivity contribution >= 4 is 28.8 Å². The number of thiophene rings is 1. The van der Waals surface area contributed by atoms with Crippen molar-refractivity contribution in [1.82, 2.24) is 4.90 Å². The molecule has 2 aromatic rings. The normalized spacial score (nSPS) is 17.6. The van der Waals surface area contributed by atoms with Crippen molar-refractivity contribution in [1.29, 1.82) is 0 Å². The van der Waals surface area contributed by atoms with Gasteiger partial charge in [0, 0.05) is 29.2 Å². The van der Waals surface area contributed by atoms with Crippen LogP contribution in [0.2, 0.25) is 0 Å². The van der Waals surface area contributed by atoms with E-state index in [0.717, 1.165) is 17.7 Å². The first-order valence-electron chi connectivity index (χ1n) is 7.98. The Labute approximate surface area is 144 Å². The first-order valence-corrected chi connectivity index (χ1v) is 8.80. The summed E-state index contributed by atoms with van der Waals surface area (Å²) in [7, 11) is 0. The molecule has 1 aliphatic rings. The summed E-state index contributed by atoms with van der Waals surface area (Å²) < 4.78 is 0. The van der Waals surface area contributed by atoms with Crippen molar-refractivity contribution in [2.45, 2.75) is 25.9 Å². The van der Waals surface area contributed by atoms with Gasteiger partial charge in [0.15, 0.2) is 0 Å². The number of aliphatic hydroxyl groups is 1. The Balaban J connectivity index is 1.71. The van der Waals surface area contributed by atoms with Crippen LogP contribution in [0.15, 0.2) is 36.4 Å². The summed E-state index contributed by atoms with van der Waals surface area (Å²) in [5, 5.41) is 12.6. The maximum absolute atomic E-state index is 12.6. The third-order valence-electron chi connectivity index (χ3n) is 4.02. The van der Waals surface area contributed by atoms with Crippen LogP contribution in [0.5, 0.6) is 0 Å². The molecule has 1 aliphatic heterocycles. The van der Waals surface area contributed by atoms with Gasteiger partial charge in [0.2, 0.25) is 0 Å². The Morgan fingerprint density at radius 2 is 2.12 bits per heavy atom. The van der Waals surface area contributed by atoms with Gasteiger partial charge >= 0.3 is 0 Å². The van der Waals surface area contributed by atoms with Crippen molar-refractivity contribution in [2.24, 2.45) is 0 Å². The molecule has 1 aromatic carbocycles. The Hall–Kier alpha value is -2.18. The second-order valence-corrected chi connectivity index (χ2v) is 7.28. The van der Waals surface area contributed by atoms with Crippen LogP contribution in [-0.4, -0.2) is 41.0 Å². The molecule has 0 bridgehead atoms. The van der Waals surface area contributed by atoms with Gasteiger partial charge in [-0.3, -0.25) is 9.59 Å². The van der Waals surface area contributed by atoms with Crippen LogP contribution in [0.1, 0.15) is 37.7 Å². The van der Waals surface area contributed by atoms with E-state index in [1.54, 1.807) is 35.2 Å². The van der Waals surface area contributed by atoms with Gasteiger partial charge in [0.1, 0.15) is 0 Å². The lowest BCUT2D eigenvalue weighted by molar-refractivity contribution is 0.0474. The van der Waals surface area contributed by atoms with Gasteiger partial charge in [-0.2, -0.15) is 0 Å². The molecular formula is C18H20N2O3S. The molecule has 1 atom stereocenters. The molecule has 2 amide bonds. The Bertz CT molecular complexity index is 756. The molecule has 1 saturated heterocycles. The zero-order valence-corrected chi connectivity index (χ0v) is 14.3. The molecule has 6 heteroatoms. The highest BCUT2D eigenvalue weighted by atomic mass is 32.1. The van der Waals surface area contributed by atoms with Crippen molar-refractivity contribution in [2.75, 3.05) is 18.4 Å². The van der Waals surface area contributed by atoms with E-state index in [0.29, 0.717) is 29.2 Å². The van der Waals surface area contributed by atoms with E-state index in [-0.39, 0.29) is 11.8 Å². The average molecular weight is 344 g/mol. The lowest BCUT2D eigenvalue weighted by atomic mass is 10.1. The molecular weight excluding hydrogens is 324 g/mol. The van der Waals surface area contributed by atoms with Gasteiger partial charge in [-0.25, -0.2) is 0 Å². The summed E-state index contributed by atoms with van der Waals surface area (Å²) in [6, 6.07) is 10.6. The van der Waals surface area contributed by atoms with Crippen LogP contribution in [0, 0.1) is 6.92 Å². The number of carbonyl (C=O) groups is 2. The van der Waals surface area contributed by atoms with E-state index in [1.165, 1.54) is 11.3 Å². The zero-order chi connectivity index (χ0) is 17.1. The van der Waals surface area contributed by atoms with Gasteiger partial charge in [-0.1, -0.05) is 6.07 Å². The average Bonchev–Trinajstić information content (AvgIpc) is 3.01. The number of carbonyl (C=O) groups excluding carboxylic acids is 2. The SMILES string of the molecule is Cc1ccc(C(=O)Nc2cccc(C(=O)N3CCCC(O)C3)c2)s1. The first-order chi connectivity index (χ1) is 11.5. The molecule has 0 radical (unpaired) electrons. The van der Waals surface area contributed by atoms with Crippen LogP contribution >= 0.6 is 11.3 Å². The molecule has 24 heavy (non-hydrogen) atoms. The number of amides is 2. The highest BCUT2D eigenvalue weighted by molar-refractivity contribution is 7.14. The number of anilines is 1. The second-order valence-electron chi connectivity index (χ2n) is 5.99. The summed E-state index contributed by atoms with van der Waals surface area (Å²) in [6.07, 6.45) is 1.09. The molecule has 1 unspecified atom stereocenters. The molecule has 2 heterocycles. The molecule has 0 spiro atoms. The third kappa shape index (κ3) is 3.83. The van der Waals surface area contributed by atoms with Gasteiger partial charge in [-0.05, 0) is 50.1 Å². The minimum absolute atomic E-state index is 0.114. The molecule has 1 aromatic heterocycles. The number of hydrogen-bond donors (Lipinski definition) is 2. The van der Waals surface area contributed by atoms with E-state index in [4.69, 9.17) is 0 Å². The number of aliphatic hydroxyl groups excluding tert-OH is 1. The van der Waals surface area contributed by atoms with Crippen LogP contribution < -0.4 is 5.32 Å². The topological polar surface area (TPSA) is 69.6 Å². The van der Waals surface area contributed by atoms with Gasteiger partial charge in [-0.15, -0.1) is 11.3 Å². The van der Waals surface area contributed by atoms with Crippen LogP contribution in [-0.2, 0) is 0 Å². The van der Waals surface area contributed by atoms with E-state index in [2.05, 4.69) is 5.32 Å². The maximum atomic E-state index is 12.6. The van der Waals surface area contributed by atoms with E-state index < -0.39 is 6.10 Å². The van der Waals surface area contributed by atoms with Crippen molar-refractivity contribution in [3.8, 4) is 0 Å². The number of benzene rings is 1. The van der Waals surface area contributed by atoms with Crippen molar-refractivity contribution in [3.63, 3.8) is 0 Å². The first kappa shape index (κ1) is 16.7. The number of hydrogen-bond acceptors (Lipinski definition) is 4. The fourth-order valence-corrected chi connectivity index (χ4v) is 3.56. The Morgan fingerprint density at radius 1 is 1.29 bits per heavy atom. The molecule has 5 nitrogen and oxygen atoms in total. The monoisotopic (exact) mass is 344 g/mol. The van der Waals surface area contributed by atoms with Crippen molar-refractivity contribution < 1.29 is 14.7 Å². The zero-order valence-electron chi connectivity index (χ0n) is 13.5. The predicted molar refractivity (Wildman–Crippen MR) is 94.6 cm³/mol. The molecule has 2 N–H and O–H groups in total. The summed E-state index contributed by atoms with van der Waals surface area (Å²) in [6.45, 7) is 2.97. The summed E-state index contributed by atoms with van der Waals surface area (Å²) in [5.41, 5.74) is 1.11. The van der Waals surface area contributed by atoms with Crippen molar-refractivity contribution in [3.05, 3.63) is 51.7 Å². The van der Waals surface area contributed by atoms with Crippen LogP contribution in [0.25, 0.3) is 0 Å². The molecule has 1 fully saturated rings. The largest absolute Gasteiger partial charge is 0.391 e. The van der Waals surface area contributed by atoms with E-state index in [1.807, 2.05) is 13.0 Å². The number of likely N-dealkylation sites (tertiary alicyclic amines) is 1. The summed E-state index contributed by atoms with van der Waals surface area (Å²) in [5.74, 6) is -0.289. The number of piperidine rings is 1. The maximum Gasteiger partial charge on any atom is 0.265 e. The fraction of sp³-hybridized carbons (Fsp3) is 0.333. The highest BCUT2D eigenvalue weighted by Crippen LogP contribution is 2.19. The molecule has 3 rings (SSSR count). The smallest absolute Gasteiger partial charge is 0.265 e. The number of nitrogens with one attached hydrogen (secondary N) is 1. The van der Waals surface area contributed by atoms with Crippen LogP contribution in [0.3, 0.4) is 0 Å². The summed E-state index contributed by atoms with van der Waals surface area (Å²) >= 11 is 1.43. The Morgan fingerprint density at radius 3 is 2.83 bits per heavy atom. The van der Waals surface area contributed by atoms with Gasteiger partial charge < -0.3 is 15.3 Å². The van der Waals surface area contributed by atoms with Gasteiger partial charge in [0.05, 0.1) is 11.0 Å². The highest BCUT2D eigenvalue weighted by Gasteiger charge is 2.23. The molecule has 0 aliphatic carbocycles. The molecule has 126 valence electrons. The number of aryl methyl sites for hydroxylation is 1. The third-order valence-corrected chi connectivity index (χ3v) is 5.01. The minimum atomic E-state index is -0.451. The second kappa shape index (κ2) is 7.15. The fourth-order valence-electron chi connectivity index (χ4n) is 2.80. The lowest BCUT2D eigenvalue weighted by Crippen LogP contribution is -2.42. The number of rotatable bonds is 3. The Kier molecular flexibility index (Phi) is 4.97. The minimum Gasteiger partial charge on any atom is -0.391 e. The quantitative estimate of drug-likeness (QED) is 0.899. The lowest BCUT2D eigenvalue weighted by Gasteiger charge is -2.30. The summed E-state index contributed by atoms with van der Waals surface area (Å²) in [4.78, 5) is 28.2. The van der Waals surface area contributed by atoms with E-state index >= 15 is 0 Å². The standard InChI is InChI=1S/C18H20N2O3S/c1-12-7-8-16(24-12)17(22)19-14-5-2-4-13(10-14)18(23)20-9-3-6-15(21)11-20/h2,4-5,7-8,10,15,21H,3,6,9,11H2,1H3,(H,19,22).